The molecule has 0 aliphatic heterocycles. The fraction of sp³-hybridized carbons (Fsp3) is 0.933. The van der Waals surface area contributed by atoms with Crippen LogP contribution in [0, 0.1) is 5.92 Å². The highest BCUT2D eigenvalue weighted by Gasteiger charge is 2.95. The van der Waals surface area contributed by atoms with Crippen LogP contribution in [-0.2, 0) is 9.53 Å². The largest absolute Gasteiger partial charge is 0.465 e. The molecule has 34 heavy (non-hydrogen) atoms. The second-order valence-electron chi connectivity index (χ2n) is 6.88. The molecule has 19 heteroatoms. The number of halogens is 17. The van der Waals surface area contributed by atoms with Gasteiger partial charge in [0.2, 0.25) is 0 Å². The number of carbonyl (C=O) groups is 1. The molecule has 204 valence electrons. The van der Waals surface area contributed by atoms with Gasteiger partial charge in [0.05, 0.1) is 18.9 Å². The van der Waals surface area contributed by atoms with E-state index in [0.717, 1.165) is 6.92 Å². The summed E-state index contributed by atoms with van der Waals surface area (Å²) in [5.41, 5.74) is 0. The van der Waals surface area contributed by atoms with Crippen molar-refractivity contribution in [3.8, 4) is 0 Å². The zero-order valence-electron chi connectivity index (χ0n) is 16.4. The van der Waals surface area contributed by atoms with Gasteiger partial charge in [-0.25, -0.2) is 0 Å². The molecule has 0 rings (SSSR count). The Morgan fingerprint density at radius 3 is 1.26 bits per heavy atom. The summed E-state index contributed by atoms with van der Waals surface area (Å²) in [4.78, 5) is 11.2. The van der Waals surface area contributed by atoms with Gasteiger partial charge < -0.3 is 4.74 Å². The van der Waals surface area contributed by atoms with Crippen molar-refractivity contribution < 1.29 is 84.2 Å². The van der Waals surface area contributed by atoms with E-state index in [9.17, 15) is 79.4 Å². The lowest BCUT2D eigenvalue weighted by Gasteiger charge is -2.42. The molecule has 0 aromatic heterocycles. The van der Waals surface area contributed by atoms with Crippen LogP contribution in [0.1, 0.15) is 26.7 Å². The minimum Gasteiger partial charge on any atom is -0.465 e. The summed E-state index contributed by atoms with van der Waals surface area (Å²) in [6, 6.07) is 0. The number of alkyl halides is 17. The lowest BCUT2D eigenvalue weighted by Crippen LogP contribution is -2.74. The van der Waals surface area contributed by atoms with E-state index in [1.54, 1.807) is 0 Å². The van der Waals surface area contributed by atoms with E-state index < -0.39 is 72.5 Å². The topological polar surface area (TPSA) is 26.3 Å². The molecule has 0 aromatic carbocycles. The van der Waals surface area contributed by atoms with Crippen LogP contribution < -0.4 is 0 Å². The van der Waals surface area contributed by atoms with Gasteiger partial charge in [-0.3, -0.25) is 4.79 Å². The minimum absolute atomic E-state index is 0.0263. The highest BCUT2D eigenvalue weighted by molar-refractivity contribution is 5.71. The van der Waals surface area contributed by atoms with Crippen LogP contribution in [0.5, 0.6) is 0 Å². The van der Waals surface area contributed by atoms with Gasteiger partial charge in [0, 0.05) is 0 Å². The molecule has 0 heterocycles. The van der Waals surface area contributed by atoms with Crippen LogP contribution in [-0.4, -0.2) is 60.2 Å². The van der Waals surface area contributed by atoms with Crippen molar-refractivity contribution in [1.29, 1.82) is 0 Å². The molecular weight excluding hydrogens is 535 g/mol. The first-order valence-corrected chi connectivity index (χ1v) is 8.49. The quantitative estimate of drug-likeness (QED) is 0.206. The Morgan fingerprint density at radius 1 is 0.618 bits per heavy atom. The van der Waals surface area contributed by atoms with Crippen molar-refractivity contribution in [2.75, 3.05) is 6.61 Å². The smallest absolute Gasteiger partial charge is 0.460 e. The third-order valence-electron chi connectivity index (χ3n) is 4.46. The van der Waals surface area contributed by atoms with Crippen molar-refractivity contribution in [3.05, 3.63) is 0 Å². The Kier molecular flexibility index (Phi) is 8.60. The average molecular weight is 548 g/mol. The van der Waals surface area contributed by atoms with Gasteiger partial charge in [-0.1, -0.05) is 13.8 Å². The molecule has 0 spiro atoms. The molecule has 0 saturated carbocycles. The summed E-state index contributed by atoms with van der Waals surface area (Å²) < 4.78 is 226. The monoisotopic (exact) mass is 548 g/mol. The number of carbonyl (C=O) groups excluding carboxylic acids is 1. The molecule has 1 unspecified atom stereocenters. The zero-order chi connectivity index (χ0) is 28.0. The minimum atomic E-state index is -8.66. The molecule has 0 fully saturated rings. The lowest BCUT2D eigenvalue weighted by molar-refractivity contribution is -0.461. The zero-order valence-corrected chi connectivity index (χ0v) is 16.4. The van der Waals surface area contributed by atoms with Gasteiger partial charge in [0.15, 0.2) is 0 Å². The van der Waals surface area contributed by atoms with Crippen molar-refractivity contribution in [3.63, 3.8) is 0 Å². The molecule has 0 aliphatic carbocycles. The Morgan fingerprint density at radius 2 is 0.941 bits per heavy atom. The van der Waals surface area contributed by atoms with Crippen LogP contribution >= 0.6 is 0 Å². The van der Waals surface area contributed by atoms with E-state index in [2.05, 4.69) is 4.74 Å². The Bertz CT molecular complexity index is 725. The molecule has 0 N–H and O–H groups in total. The summed E-state index contributed by atoms with van der Waals surface area (Å²) in [6.07, 6.45) is -10.6. The number of rotatable bonds is 11. The maximum Gasteiger partial charge on any atom is 0.460 e. The third kappa shape index (κ3) is 4.70. The Hall–Kier alpha value is -1.72. The summed E-state index contributed by atoms with van der Waals surface area (Å²) in [7, 11) is 0. The third-order valence-corrected chi connectivity index (χ3v) is 4.46. The van der Waals surface area contributed by atoms with E-state index in [4.69, 9.17) is 0 Å². The van der Waals surface area contributed by atoms with Gasteiger partial charge >= 0.3 is 53.6 Å². The fourth-order valence-corrected chi connectivity index (χ4v) is 1.94. The van der Waals surface area contributed by atoms with Gasteiger partial charge in [-0.15, -0.1) is 0 Å². The highest BCUT2D eigenvalue weighted by atomic mass is 19.4. The number of hydrogen-bond donors (Lipinski definition) is 0. The predicted molar refractivity (Wildman–Crippen MR) is 75.7 cm³/mol. The maximum atomic E-state index is 13.6. The maximum absolute atomic E-state index is 13.6. The molecule has 1 atom stereocenters. The van der Waals surface area contributed by atoms with E-state index in [1.807, 2.05) is 0 Å². The molecule has 0 amide bonds. The van der Waals surface area contributed by atoms with E-state index in [1.165, 1.54) is 6.92 Å². The number of hydrogen-bond acceptors (Lipinski definition) is 2. The second-order valence-corrected chi connectivity index (χ2v) is 6.88. The molecule has 0 radical (unpaired) electrons. The second kappa shape index (κ2) is 9.05. The summed E-state index contributed by atoms with van der Waals surface area (Å²) in [5.74, 6) is -59.1. The normalized spacial score (nSPS) is 16.4. The SMILES string of the molecule is CCC(C)C(=O)OCCC(F)(F)C(F)(F)C(F)(F)C(F)(F)C(F)(F)C(F)(F)C(F)(F)C(F)(F)F. The van der Waals surface area contributed by atoms with Crippen LogP contribution in [0.25, 0.3) is 0 Å². The van der Waals surface area contributed by atoms with Crippen LogP contribution in [0.15, 0.2) is 0 Å². The molecule has 0 saturated heterocycles. The van der Waals surface area contributed by atoms with E-state index in [-0.39, 0.29) is 6.42 Å². The van der Waals surface area contributed by atoms with Gasteiger partial charge in [-0.2, -0.15) is 74.6 Å². The first-order chi connectivity index (χ1) is 14.6. The number of ether oxygens (including phenoxy) is 1. The van der Waals surface area contributed by atoms with Gasteiger partial charge in [0.25, 0.3) is 0 Å². The predicted octanol–water partition coefficient (Wildman–Crippen LogP) is 6.98. The first-order valence-electron chi connectivity index (χ1n) is 8.49. The molecule has 0 aromatic rings. The van der Waals surface area contributed by atoms with Gasteiger partial charge in [-0.05, 0) is 6.42 Å². The van der Waals surface area contributed by atoms with E-state index in [0.29, 0.717) is 0 Å². The lowest BCUT2D eigenvalue weighted by atomic mass is 9.88. The molecular formula is C15H13F17O2. The molecule has 2 nitrogen and oxygen atoms in total. The van der Waals surface area contributed by atoms with Crippen molar-refractivity contribution >= 4 is 5.97 Å². The summed E-state index contributed by atoms with van der Waals surface area (Å²) in [5, 5.41) is 0. The average Bonchev–Trinajstić information content (AvgIpc) is 2.64. The van der Waals surface area contributed by atoms with Gasteiger partial charge in [0.1, 0.15) is 0 Å². The summed E-state index contributed by atoms with van der Waals surface area (Å²) >= 11 is 0. The summed E-state index contributed by atoms with van der Waals surface area (Å²) in [6.45, 7) is 0.504. The van der Waals surface area contributed by atoms with Crippen molar-refractivity contribution in [1.82, 2.24) is 0 Å². The molecule has 0 bridgehead atoms. The number of esters is 1. The van der Waals surface area contributed by atoms with Crippen LogP contribution in [0.3, 0.4) is 0 Å². The fourth-order valence-electron chi connectivity index (χ4n) is 1.94. The Balaban J connectivity index is 6.27. The van der Waals surface area contributed by atoms with Crippen LogP contribution in [0.2, 0.25) is 0 Å². The highest BCUT2D eigenvalue weighted by Crippen LogP contribution is 2.64. The van der Waals surface area contributed by atoms with Crippen molar-refractivity contribution in [2.45, 2.75) is 74.3 Å². The standard InChI is InChI=1S/C15H13F17O2/c1-3-6(2)7(33)34-5-4-8(16,17)9(18,19)10(20,21)11(22,23)12(24,25)13(26,27)14(28,29)15(30,31)32/h6H,3-5H2,1-2H3. The molecule has 0 aliphatic rings. The first kappa shape index (κ1) is 32.3. The van der Waals surface area contributed by atoms with Crippen molar-refractivity contribution in [2.24, 2.45) is 5.92 Å². The van der Waals surface area contributed by atoms with E-state index >= 15 is 0 Å². The van der Waals surface area contributed by atoms with Crippen LogP contribution in [0.4, 0.5) is 74.6 Å². The Labute approximate surface area is 178 Å².